The number of ether oxygens (including phenoxy) is 5. The van der Waals surface area contributed by atoms with Crippen LogP contribution in [-0.2, 0) is 76.4 Å². The third-order valence-electron chi connectivity index (χ3n) is 14.3. The maximum Gasteiger partial charge on any atom is 0.306 e. The van der Waals surface area contributed by atoms with Crippen molar-refractivity contribution in [1.29, 1.82) is 0 Å². The van der Waals surface area contributed by atoms with E-state index >= 15 is 0 Å². The average molecular weight is 1070 g/mol. The number of methoxy groups -OCH3 is 1. The third kappa shape index (κ3) is 8.44. The summed E-state index contributed by atoms with van der Waals surface area (Å²) in [5.74, 6) is -20.4. The van der Waals surface area contributed by atoms with E-state index in [1.165, 1.54) is 0 Å². The molecule has 73 heavy (non-hydrogen) atoms. The summed E-state index contributed by atoms with van der Waals surface area (Å²) in [6, 6.07) is 0. The third-order valence-corrected chi connectivity index (χ3v) is 15.3. The van der Waals surface area contributed by atoms with E-state index < -0.39 is 176 Å². The van der Waals surface area contributed by atoms with Crippen molar-refractivity contribution in [3.63, 3.8) is 0 Å². The van der Waals surface area contributed by atoms with Gasteiger partial charge in [0.25, 0.3) is 0 Å². The Bertz CT molecular complexity index is 2320. The Labute approximate surface area is 418 Å². The molecule has 18 atom stereocenters. The highest BCUT2D eigenvalue weighted by Crippen LogP contribution is 2.61. The zero-order chi connectivity index (χ0) is 57.1. The van der Waals surface area contributed by atoms with E-state index in [0.717, 1.165) is 18.9 Å². The lowest BCUT2D eigenvalue weighted by Gasteiger charge is -2.70. The van der Waals surface area contributed by atoms with Crippen LogP contribution in [0.25, 0.3) is 0 Å². The minimum Gasteiger partial charge on any atom is -0.469 e. The first-order valence-electron chi connectivity index (χ1n) is 21.9. The van der Waals surface area contributed by atoms with Gasteiger partial charge in [-0.3, -0.25) is 52.7 Å². The molecule has 0 bridgehead atoms. The minimum atomic E-state index is -5.10. The number of aliphatic hydroxyl groups excluding tert-OH is 3. The summed E-state index contributed by atoms with van der Waals surface area (Å²) >= 11 is 0.964. The van der Waals surface area contributed by atoms with Crippen LogP contribution in [0.4, 0.5) is 0 Å². The highest BCUT2D eigenvalue weighted by molar-refractivity contribution is 7.99. The molecule has 0 aliphatic carbocycles. The summed E-state index contributed by atoms with van der Waals surface area (Å²) in [6.07, 6.45) is -30.9. The molecule has 0 amide bonds. The molecule has 12 N–H and O–H groups in total. The van der Waals surface area contributed by atoms with Crippen LogP contribution in [-0.4, -0.2) is 256 Å². The zero-order valence-electron chi connectivity index (χ0n) is 41.3. The van der Waals surface area contributed by atoms with Gasteiger partial charge in [-0.1, -0.05) is 0 Å². The Morgan fingerprint density at radius 2 is 0.781 bits per heavy atom. The lowest BCUT2D eigenvalue weighted by atomic mass is 9.48. The molecule has 3 rings (SSSR count). The summed E-state index contributed by atoms with van der Waals surface area (Å²) in [5.41, 5.74) is -42.2. The van der Waals surface area contributed by atoms with Gasteiger partial charge in [0, 0.05) is 11.5 Å². The van der Waals surface area contributed by atoms with Gasteiger partial charge in [0.1, 0.15) is 48.8 Å². The molecule has 3 fully saturated rings. The fourth-order valence-electron chi connectivity index (χ4n) is 10.3. The quantitative estimate of drug-likeness (QED) is 0.0354. The van der Waals surface area contributed by atoms with Gasteiger partial charge in [-0.15, -0.1) is 0 Å². The Morgan fingerprint density at radius 1 is 0.452 bits per heavy atom. The number of rotatable bonds is 22. The Balaban J connectivity index is 2.77. The molecule has 28 nitrogen and oxygen atoms in total. The first-order valence-corrected chi connectivity index (χ1v) is 23.1. The van der Waals surface area contributed by atoms with E-state index in [1.54, 1.807) is 0 Å². The molecule has 0 saturated carbocycles. The van der Waals surface area contributed by atoms with Crippen LogP contribution in [0.1, 0.15) is 75.7 Å². The summed E-state index contributed by atoms with van der Waals surface area (Å²) in [7, 11) is 1.11. The maximum absolute atomic E-state index is 14.6. The number of thioether (sulfide) groups is 1. The number of carbonyl (C=O) groups excluding carboxylic acids is 11. The molecule has 29 heteroatoms. The Hall–Kier alpha value is -4.12. The normalized spacial score (nSPS) is 40.8. The number of aliphatic hydroxyl groups is 12. The Morgan fingerprint density at radius 3 is 1.12 bits per heavy atom. The van der Waals surface area contributed by atoms with E-state index in [0.29, 0.717) is 34.6 Å². The average Bonchev–Trinajstić information content (AvgIpc) is 3.29. The second-order valence-electron chi connectivity index (χ2n) is 18.5. The second kappa shape index (κ2) is 21.1. The smallest absolute Gasteiger partial charge is 0.306 e. The number of hydrogen-bond acceptors (Lipinski definition) is 29. The maximum atomic E-state index is 14.6. The predicted octanol–water partition coefficient (Wildman–Crippen LogP) is -7.89. The molecule has 0 radical (unpaired) electrons. The van der Waals surface area contributed by atoms with Crippen molar-refractivity contribution in [1.82, 2.24) is 0 Å². The van der Waals surface area contributed by atoms with Crippen molar-refractivity contribution in [2.75, 3.05) is 25.2 Å². The molecule has 0 aromatic carbocycles. The van der Waals surface area contributed by atoms with Crippen LogP contribution in [0.3, 0.4) is 0 Å². The molecule has 3 aliphatic heterocycles. The number of carbonyl (C=O) groups is 11. The van der Waals surface area contributed by atoms with Crippen LogP contribution >= 0.6 is 11.8 Å². The van der Waals surface area contributed by atoms with Gasteiger partial charge in [0.05, 0.1) is 20.1 Å². The van der Waals surface area contributed by atoms with Crippen molar-refractivity contribution in [3.05, 3.63) is 0 Å². The number of hydrogen-bond donors (Lipinski definition) is 12. The van der Waals surface area contributed by atoms with Crippen LogP contribution in [0.5, 0.6) is 0 Å². The van der Waals surface area contributed by atoms with Gasteiger partial charge in [0.2, 0.25) is 5.60 Å². The molecule has 3 aliphatic rings. The summed E-state index contributed by atoms with van der Waals surface area (Å²) < 4.78 is 27.0. The van der Waals surface area contributed by atoms with Crippen LogP contribution in [0.15, 0.2) is 0 Å². The van der Waals surface area contributed by atoms with Gasteiger partial charge in [-0.05, 0) is 69.2 Å². The van der Waals surface area contributed by atoms with Crippen LogP contribution in [0, 0.1) is 0 Å². The van der Waals surface area contributed by atoms with Crippen molar-refractivity contribution >= 4 is 75.6 Å². The van der Waals surface area contributed by atoms with Crippen molar-refractivity contribution < 1.29 is 138 Å². The monoisotopic (exact) mass is 1070 g/mol. The topological polar surface area (TPSA) is 477 Å². The molecular weight excluding hydrogens is 1010 g/mol. The summed E-state index contributed by atoms with van der Waals surface area (Å²) in [5, 5.41) is 150. The molecule has 3 saturated heterocycles. The molecule has 0 aromatic heterocycles. The molecule has 412 valence electrons. The lowest BCUT2D eigenvalue weighted by molar-refractivity contribution is -0.445. The highest BCUT2D eigenvalue weighted by atomic mass is 32.2. The van der Waals surface area contributed by atoms with Gasteiger partial charge < -0.3 is 85.0 Å². The van der Waals surface area contributed by atoms with Crippen molar-refractivity contribution in [3.8, 4) is 0 Å². The van der Waals surface area contributed by atoms with E-state index in [4.69, 9.17) is 18.9 Å². The zero-order valence-corrected chi connectivity index (χ0v) is 42.1. The minimum absolute atomic E-state index is 0.0575. The molecule has 3 heterocycles. The van der Waals surface area contributed by atoms with E-state index in [9.17, 15) is 114 Å². The summed E-state index contributed by atoms with van der Waals surface area (Å²) in [6.45, 7) is 2.58. The molecular formula is C44H62O28S. The van der Waals surface area contributed by atoms with Gasteiger partial charge >= 0.3 is 5.97 Å². The molecule has 0 aromatic rings. The number of Topliss-reactive ketones (excluding diaryl/α,β-unsaturated/α-hetero) is 10. The standard InChI is InChI=1S/C44H62O28S/c1-16(45)27(56)30-36(59,19(4)48)42(65,23(8)52)37(60,20(5)49)33(70-30)40(63)31(28(57)17(2)46)71-34(38(61,21(6)50)43(40,66)24(9)53)41(64)32(29(58)18(3)47)72-35(69-13-15-73-14-12-26(55)68-11)39(62,22(7)51)44(41,67)25(10)54/h27-35,56-67H,12-15H2,1-11H3/t27?,28?,29?,30-,31-,32-,33-,34-,35+,36+,37+,38+,39+,40-,41+,42+,43-,44-/m1/s1. The van der Waals surface area contributed by atoms with Crippen LogP contribution < -0.4 is 0 Å². The first-order chi connectivity index (χ1) is 33.1. The van der Waals surface area contributed by atoms with E-state index in [1.807, 2.05) is 0 Å². The predicted molar refractivity (Wildman–Crippen MR) is 235 cm³/mol. The summed E-state index contributed by atoms with van der Waals surface area (Å²) in [4.78, 5) is 149. The number of ketones is 10. The van der Waals surface area contributed by atoms with Crippen molar-refractivity contribution in [2.45, 2.75) is 181 Å². The lowest BCUT2D eigenvalue weighted by Crippen LogP contribution is -2.98. The molecule has 3 unspecified atom stereocenters. The van der Waals surface area contributed by atoms with Gasteiger partial charge in [-0.2, -0.15) is 11.8 Å². The second-order valence-corrected chi connectivity index (χ2v) is 19.7. The fourth-order valence-corrected chi connectivity index (χ4v) is 11.0. The van der Waals surface area contributed by atoms with Gasteiger partial charge in [0.15, 0.2) is 109 Å². The first kappa shape index (κ1) is 63.2. The highest BCUT2D eigenvalue weighted by Gasteiger charge is 2.92. The van der Waals surface area contributed by atoms with Crippen LogP contribution in [0.2, 0.25) is 0 Å². The SMILES string of the molecule is COC(=O)CCSCCO[C@H]1O[C@H](C(O)C(C)=O)[C@](O)([C@@H]2O[C@H](C(O)C(C)=O)[C@@](O)([C@@H]3O[C@H](C(O)C(C)=O)[C@@](O)(C(C)=O)[C@@](O)(C(C)=O)[C@]3(O)C(C)=O)[C@@](O)(C(C)=O)[C@]2(O)C(C)=O)[C@@](O)(C(C)=O)[C@]1(O)C(C)=O. The molecule has 0 spiro atoms. The largest absolute Gasteiger partial charge is 0.469 e. The number of esters is 1. The Kier molecular flexibility index (Phi) is 18.3. The fraction of sp³-hybridized carbons (Fsp3) is 0.750. The van der Waals surface area contributed by atoms with E-state index in [2.05, 4.69) is 4.74 Å². The van der Waals surface area contributed by atoms with Gasteiger partial charge in [-0.25, -0.2) is 0 Å². The van der Waals surface area contributed by atoms with Crippen molar-refractivity contribution in [2.24, 2.45) is 0 Å². The van der Waals surface area contributed by atoms with E-state index in [-0.39, 0.29) is 52.5 Å².